The van der Waals surface area contributed by atoms with E-state index in [0.29, 0.717) is 6.61 Å². The van der Waals surface area contributed by atoms with Gasteiger partial charge in [-0.15, -0.1) is 46.2 Å². The predicted molar refractivity (Wildman–Crippen MR) is 160 cm³/mol. The molecule has 0 aliphatic rings. The Morgan fingerprint density at radius 2 is 1.33 bits per heavy atom. The summed E-state index contributed by atoms with van der Waals surface area (Å²) in [6, 6.07) is 30.2. The van der Waals surface area contributed by atoms with E-state index in [1.165, 1.54) is 56.2 Å². The molecule has 0 aliphatic heterocycles. The topological polar surface area (TPSA) is 26.3 Å². The van der Waals surface area contributed by atoms with Crippen LogP contribution in [0.25, 0.3) is 40.3 Å². The first-order valence-electron chi connectivity index (χ1n) is 11.6. The molecule has 6 rings (SSSR count). The van der Waals surface area contributed by atoms with Crippen LogP contribution in [0.5, 0.6) is 0 Å². The number of thioether (sulfide) groups is 2. The molecule has 6 aromatic rings. The van der Waals surface area contributed by atoms with Gasteiger partial charge in [0.25, 0.3) is 0 Å². The van der Waals surface area contributed by atoms with Gasteiger partial charge in [-0.3, -0.25) is 0 Å². The summed E-state index contributed by atoms with van der Waals surface area (Å²) >= 11 is 7.31. The summed E-state index contributed by atoms with van der Waals surface area (Å²) in [5.41, 5.74) is 0. The number of carbonyl (C=O) groups excluding carboxylic acids is 1. The molecule has 6 heteroatoms. The fourth-order valence-electron chi connectivity index (χ4n) is 4.36. The minimum absolute atomic E-state index is 0.0966. The van der Waals surface area contributed by atoms with E-state index in [1.54, 1.807) is 11.8 Å². The number of carbonyl (C=O) groups is 1. The Morgan fingerprint density at radius 1 is 0.778 bits per heavy atom. The van der Waals surface area contributed by atoms with E-state index in [2.05, 4.69) is 91.5 Å². The monoisotopic (exact) mass is 542 g/mol. The Morgan fingerprint density at radius 3 is 1.97 bits per heavy atom. The number of thiophene rings is 2. The van der Waals surface area contributed by atoms with Gasteiger partial charge < -0.3 is 4.74 Å². The Bertz CT molecular complexity index is 1730. The first-order chi connectivity index (χ1) is 17.7. The summed E-state index contributed by atoms with van der Waals surface area (Å²) in [6.45, 7) is 3.89. The van der Waals surface area contributed by atoms with Crippen molar-refractivity contribution >= 4 is 92.5 Å². The van der Waals surface area contributed by atoms with E-state index >= 15 is 0 Å². The van der Waals surface area contributed by atoms with E-state index < -0.39 is 0 Å². The highest BCUT2D eigenvalue weighted by Crippen LogP contribution is 2.43. The van der Waals surface area contributed by atoms with Crippen LogP contribution in [-0.4, -0.2) is 23.6 Å². The van der Waals surface area contributed by atoms with Crippen LogP contribution < -0.4 is 0 Å². The quantitative estimate of drug-likeness (QED) is 0.109. The first-order valence-corrected chi connectivity index (χ1v) is 15.1. The smallest absolute Gasteiger partial charge is 0.330 e. The lowest BCUT2D eigenvalue weighted by Gasteiger charge is -2.17. The zero-order chi connectivity index (χ0) is 24.5. The summed E-state index contributed by atoms with van der Waals surface area (Å²) in [7, 11) is 0. The molecule has 0 saturated heterocycles. The molecule has 0 N–H and O–H groups in total. The van der Waals surface area contributed by atoms with Gasteiger partial charge in [-0.1, -0.05) is 67.2 Å². The molecule has 0 spiro atoms. The van der Waals surface area contributed by atoms with Gasteiger partial charge in [0.05, 0.1) is 5.25 Å². The normalized spacial score (nSPS) is 12.4. The lowest BCUT2D eigenvalue weighted by atomic mass is 10.1. The number of rotatable bonds is 8. The highest BCUT2D eigenvalue weighted by Gasteiger charge is 2.18. The third kappa shape index (κ3) is 4.55. The fraction of sp³-hybridized carbons (Fsp3) is 0.100. The molecule has 0 aliphatic carbocycles. The lowest BCUT2D eigenvalue weighted by Crippen LogP contribution is -2.17. The van der Waals surface area contributed by atoms with Crippen molar-refractivity contribution in [2.24, 2.45) is 0 Å². The molecule has 0 amide bonds. The van der Waals surface area contributed by atoms with Crippen LogP contribution in [0.1, 0.15) is 0 Å². The van der Waals surface area contributed by atoms with E-state index in [1.807, 2.05) is 34.4 Å². The molecule has 2 heterocycles. The van der Waals surface area contributed by atoms with Gasteiger partial charge >= 0.3 is 5.97 Å². The third-order valence-corrected chi connectivity index (χ3v) is 11.4. The molecule has 0 radical (unpaired) electrons. The average Bonchev–Trinajstić information content (AvgIpc) is 3.49. The highest BCUT2D eigenvalue weighted by atomic mass is 32.2. The molecule has 2 aromatic heterocycles. The van der Waals surface area contributed by atoms with Gasteiger partial charge in [0.15, 0.2) is 0 Å². The van der Waals surface area contributed by atoms with E-state index in [4.69, 9.17) is 4.74 Å². The molecule has 0 bridgehead atoms. The maximum atomic E-state index is 11.9. The van der Waals surface area contributed by atoms with E-state index in [9.17, 15) is 4.79 Å². The van der Waals surface area contributed by atoms with Crippen molar-refractivity contribution in [2.45, 2.75) is 15.0 Å². The number of ether oxygens (including phenoxy) is 1. The minimum atomic E-state index is -0.378. The molecular formula is C30H22O2S4. The van der Waals surface area contributed by atoms with Crippen LogP contribution in [0.15, 0.2) is 107 Å². The van der Waals surface area contributed by atoms with Crippen LogP contribution in [0.2, 0.25) is 0 Å². The molecule has 178 valence electrons. The van der Waals surface area contributed by atoms with Gasteiger partial charge in [0.2, 0.25) is 0 Å². The summed E-state index contributed by atoms with van der Waals surface area (Å²) in [5, 5.41) is 5.28. The third-order valence-electron chi connectivity index (χ3n) is 6.03. The zero-order valence-corrected chi connectivity index (χ0v) is 22.6. The number of fused-ring (bicyclic) bond motifs is 6. The molecule has 0 fully saturated rings. The number of hydrogen-bond acceptors (Lipinski definition) is 6. The second-order valence-corrected chi connectivity index (χ2v) is 12.9. The Kier molecular flexibility index (Phi) is 6.76. The van der Waals surface area contributed by atoms with Crippen molar-refractivity contribution < 1.29 is 9.53 Å². The molecule has 2 nitrogen and oxygen atoms in total. The maximum Gasteiger partial charge on any atom is 0.330 e. The molecule has 1 unspecified atom stereocenters. The van der Waals surface area contributed by atoms with Gasteiger partial charge in [0.1, 0.15) is 6.61 Å². The first kappa shape index (κ1) is 23.6. The molecule has 36 heavy (non-hydrogen) atoms. The fourth-order valence-corrected chi connectivity index (χ4v) is 9.38. The SMILES string of the molecule is C=CC(=O)OCC(CSc1cccc2c1sc1ccccc12)Sc1cccc2c1sc1ccccc12. The second-order valence-electron chi connectivity index (χ2n) is 8.35. The zero-order valence-electron chi connectivity index (χ0n) is 19.3. The summed E-state index contributed by atoms with van der Waals surface area (Å²) in [6.07, 6.45) is 1.24. The van der Waals surface area contributed by atoms with Gasteiger partial charge in [-0.05, 0) is 24.3 Å². The predicted octanol–water partition coefficient (Wildman–Crippen LogP) is 9.40. The summed E-state index contributed by atoms with van der Waals surface area (Å²) in [4.78, 5) is 14.4. The van der Waals surface area contributed by atoms with Crippen LogP contribution in [0.3, 0.4) is 0 Å². The van der Waals surface area contributed by atoms with Crippen LogP contribution in [-0.2, 0) is 9.53 Å². The van der Waals surface area contributed by atoms with Crippen LogP contribution in [0.4, 0.5) is 0 Å². The van der Waals surface area contributed by atoms with Crippen molar-refractivity contribution in [3.05, 3.63) is 97.6 Å². The largest absolute Gasteiger partial charge is 0.461 e. The van der Waals surface area contributed by atoms with Crippen molar-refractivity contribution in [3.8, 4) is 0 Å². The van der Waals surface area contributed by atoms with Crippen LogP contribution in [0, 0.1) is 0 Å². The number of hydrogen-bond donors (Lipinski definition) is 0. The average molecular weight is 543 g/mol. The summed E-state index contributed by atoms with van der Waals surface area (Å²) < 4.78 is 10.7. The lowest BCUT2D eigenvalue weighted by molar-refractivity contribution is -0.137. The Balaban J connectivity index is 1.30. The molecular weight excluding hydrogens is 521 g/mol. The molecule has 4 aromatic carbocycles. The van der Waals surface area contributed by atoms with Gasteiger partial charge in [0, 0.05) is 62.0 Å². The highest BCUT2D eigenvalue weighted by molar-refractivity contribution is 8.03. The standard InChI is InChI=1S/C30H22O2S4/c1-2-28(31)32-17-19(34-27-16-8-12-23-21-10-4-6-14-25(21)36-30(23)27)18-33-26-15-7-11-22-20-9-3-5-13-24(20)35-29(22)26/h2-16,19H,1,17-18H2. The molecule has 1 atom stereocenters. The number of benzene rings is 4. The van der Waals surface area contributed by atoms with Gasteiger partial charge in [-0.2, -0.15) is 0 Å². The van der Waals surface area contributed by atoms with Gasteiger partial charge in [-0.25, -0.2) is 4.79 Å². The van der Waals surface area contributed by atoms with Crippen LogP contribution >= 0.6 is 46.2 Å². The summed E-state index contributed by atoms with van der Waals surface area (Å²) in [5.74, 6) is 0.446. The van der Waals surface area contributed by atoms with Crippen molar-refractivity contribution in [2.75, 3.05) is 12.4 Å². The minimum Gasteiger partial charge on any atom is -0.461 e. The van der Waals surface area contributed by atoms with Crippen molar-refractivity contribution in [3.63, 3.8) is 0 Å². The molecule has 0 saturated carbocycles. The van der Waals surface area contributed by atoms with Crippen molar-refractivity contribution in [1.82, 2.24) is 0 Å². The Hall–Kier alpha value is -2.77. The van der Waals surface area contributed by atoms with E-state index in [-0.39, 0.29) is 11.2 Å². The second kappa shape index (κ2) is 10.3. The van der Waals surface area contributed by atoms with E-state index in [0.717, 1.165) is 5.75 Å². The maximum absolute atomic E-state index is 11.9. The number of esters is 1. The Labute approximate surface area is 226 Å². The van der Waals surface area contributed by atoms with Crippen molar-refractivity contribution in [1.29, 1.82) is 0 Å².